The van der Waals surface area contributed by atoms with E-state index in [1.165, 1.54) is 0 Å². The Morgan fingerprint density at radius 3 is 2.74 bits per heavy atom. The van der Waals surface area contributed by atoms with Gasteiger partial charge in [-0.3, -0.25) is 9.78 Å². The van der Waals surface area contributed by atoms with Crippen LogP contribution < -0.4 is 11.1 Å². The summed E-state index contributed by atoms with van der Waals surface area (Å²) in [6, 6.07) is 13.3. The summed E-state index contributed by atoms with van der Waals surface area (Å²) in [5.41, 5.74) is 7.83. The van der Waals surface area contributed by atoms with E-state index >= 15 is 0 Å². The Morgan fingerprint density at radius 1 is 1.09 bits per heavy atom. The summed E-state index contributed by atoms with van der Waals surface area (Å²) in [6.07, 6.45) is 5.06. The molecule has 2 heterocycles. The summed E-state index contributed by atoms with van der Waals surface area (Å²) in [6.45, 7) is 0. The van der Waals surface area contributed by atoms with Gasteiger partial charge in [0.25, 0.3) is 0 Å². The number of primary amides is 1. The van der Waals surface area contributed by atoms with Crippen LogP contribution in [-0.2, 0) is 11.2 Å². The van der Waals surface area contributed by atoms with Crippen molar-refractivity contribution in [1.29, 1.82) is 0 Å². The van der Waals surface area contributed by atoms with Crippen LogP contribution in [0.2, 0.25) is 0 Å². The average molecular weight is 305 g/mol. The highest BCUT2D eigenvalue weighted by atomic mass is 16.1. The summed E-state index contributed by atoms with van der Waals surface area (Å²) >= 11 is 0. The van der Waals surface area contributed by atoms with Crippen LogP contribution in [0.5, 0.6) is 0 Å². The Bertz CT molecular complexity index is 820. The standard InChI is InChI=1S/C17H15N5O/c18-15(23)10-12-3-1-4-13(9-12)14-5-2-6-16(21-14)22-17-11-19-7-8-20-17/h1-9,11H,10H2,(H2,18,23)(H,20,21,22). The molecule has 0 aliphatic heterocycles. The molecule has 0 aliphatic rings. The lowest BCUT2D eigenvalue weighted by Crippen LogP contribution is -2.13. The van der Waals surface area contributed by atoms with Crippen LogP contribution in [0.3, 0.4) is 0 Å². The van der Waals surface area contributed by atoms with Crippen molar-refractivity contribution < 1.29 is 4.79 Å². The largest absolute Gasteiger partial charge is 0.369 e. The zero-order chi connectivity index (χ0) is 16.1. The molecule has 23 heavy (non-hydrogen) atoms. The van der Waals surface area contributed by atoms with Crippen molar-refractivity contribution in [3.63, 3.8) is 0 Å². The van der Waals surface area contributed by atoms with Gasteiger partial charge < -0.3 is 11.1 Å². The van der Waals surface area contributed by atoms with E-state index in [-0.39, 0.29) is 12.3 Å². The van der Waals surface area contributed by atoms with E-state index in [0.717, 1.165) is 16.8 Å². The average Bonchev–Trinajstić information content (AvgIpc) is 2.56. The number of nitrogens with two attached hydrogens (primary N) is 1. The van der Waals surface area contributed by atoms with E-state index in [1.54, 1.807) is 18.6 Å². The molecule has 2 aromatic heterocycles. The summed E-state index contributed by atoms with van der Waals surface area (Å²) in [7, 11) is 0. The maximum atomic E-state index is 11.1. The fourth-order valence-electron chi connectivity index (χ4n) is 2.20. The number of hydrogen-bond acceptors (Lipinski definition) is 5. The van der Waals surface area contributed by atoms with Gasteiger partial charge >= 0.3 is 0 Å². The highest BCUT2D eigenvalue weighted by Crippen LogP contribution is 2.21. The quantitative estimate of drug-likeness (QED) is 0.754. The van der Waals surface area contributed by atoms with Crippen molar-refractivity contribution in [3.05, 3.63) is 66.6 Å². The molecule has 1 aromatic carbocycles. The van der Waals surface area contributed by atoms with Gasteiger partial charge in [-0.25, -0.2) is 9.97 Å². The number of amides is 1. The Morgan fingerprint density at radius 2 is 1.96 bits per heavy atom. The fraction of sp³-hybridized carbons (Fsp3) is 0.0588. The van der Waals surface area contributed by atoms with Gasteiger partial charge in [-0.15, -0.1) is 0 Å². The number of pyridine rings is 1. The van der Waals surface area contributed by atoms with Gasteiger partial charge in [0.1, 0.15) is 11.6 Å². The SMILES string of the molecule is NC(=O)Cc1cccc(-c2cccc(Nc3cnccn3)n2)c1. The van der Waals surface area contributed by atoms with Gasteiger partial charge in [0.05, 0.1) is 18.3 Å². The van der Waals surface area contributed by atoms with Crippen LogP contribution in [0, 0.1) is 0 Å². The molecule has 3 rings (SSSR count). The van der Waals surface area contributed by atoms with E-state index in [9.17, 15) is 4.79 Å². The molecular formula is C17H15N5O. The first-order valence-corrected chi connectivity index (χ1v) is 7.08. The second kappa shape index (κ2) is 6.65. The lowest BCUT2D eigenvalue weighted by atomic mass is 10.1. The minimum absolute atomic E-state index is 0.214. The molecule has 0 aliphatic carbocycles. The Labute approximate surface area is 133 Å². The Kier molecular flexibility index (Phi) is 4.24. The third kappa shape index (κ3) is 3.88. The Balaban J connectivity index is 1.86. The number of nitrogens with zero attached hydrogens (tertiary/aromatic N) is 3. The smallest absolute Gasteiger partial charge is 0.221 e. The minimum Gasteiger partial charge on any atom is -0.369 e. The van der Waals surface area contributed by atoms with E-state index in [4.69, 9.17) is 5.73 Å². The zero-order valence-electron chi connectivity index (χ0n) is 12.3. The zero-order valence-corrected chi connectivity index (χ0v) is 12.3. The first-order valence-electron chi connectivity index (χ1n) is 7.08. The topological polar surface area (TPSA) is 93.8 Å². The molecule has 0 saturated carbocycles. The van der Waals surface area contributed by atoms with Crippen molar-refractivity contribution in [2.45, 2.75) is 6.42 Å². The molecule has 0 bridgehead atoms. The van der Waals surface area contributed by atoms with E-state index in [0.29, 0.717) is 11.6 Å². The summed E-state index contributed by atoms with van der Waals surface area (Å²) < 4.78 is 0. The molecule has 114 valence electrons. The normalized spacial score (nSPS) is 10.3. The molecule has 6 nitrogen and oxygen atoms in total. The van der Waals surface area contributed by atoms with Crippen LogP contribution in [0.25, 0.3) is 11.3 Å². The molecule has 0 atom stereocenters. The number of rotatable bonds is 5. The van der Waals surface area contributed by atoms with E-state index in [2.05, 4.69) is 20.3 Å². The van der Waals surface area contributed by atoms with E-state index < -0.39 is 0 Å². The number of hydrogen-bond donors (Lipinski definition) is 2. The highest BCUT2D eigenvalue weighted by molar-refractivity contribution is 5.77. The predicted molar refractivity (Wildman–Crippen MR) is 87.9 cm³/mol. The van der Waals surface area contributed by atoms with Gasteiger partial charge in [0.2, 0.25) is 5.91 Å². The van der Waals surface area contributed by atoms with Crippen LogP contribution in [0.1, 0.15) is 5.56 Å². The van der Waals surface area contributed by atoms with Gasteiger partial charge in [-0.05, 0) is 23.8 Å². The third-order valence-electron chi connectivity index (χ3n) is 3.17. The Hall–Kier alpha value is -3.28. The molecular weight excluding hydrogens is 290 g/mol. The van der Waals surface area contributed by atoms with Gasteiger partial charge in [0.15, 0.2) is 0 Å². The van der Waals surface area contributed by atoms with Crippen LogP contribution >= 0.6 is 0 Å². The lowest BCUT2D eigenvalue weighted by Gasteiger charge is -2.07. The third-order valence-corrected chi connectivity index (χ3v) is 3.17. The number of aromatic nitrogens is 3. The van der Waals surface area contributed by atoms with Gasteiger partial charge in [-0.1, -0.05) is 24.3 Å². The molecule has 0 fully saturated rings. The number of benzene rings is 1. The summed E-state index contributed by atoms with van der Waals surface area (Å²) in [5, 5.41) is 3.10. The second-order valence-corrected chi connectivity index (χ2v) is 4.97. The molecule has 0 unspecified atom stereocenters. The van der Waals surface area contributed by atoms with E-state index in [1.807, 2.05) is 42.5 Å². The molecule has 1 amide bonds. The first kappa shape index (κ1) is 14.6. The molecule has 0 spiro atoms. The molecule has 6 heteroatoms. The van der Waals surface area contributed by atoms with Crippen molar-refractivity contribution in [3.8, 4) is 11.3 Å². The van der Waals surface area contributed by atoms with Crippen molar-refractivity contribution >= 4 is 17.5 Å². The summed E-state index contributed by atoms with van der Waals surface area (Å²) in [4.78, 5) is 23.8. The fourth-order valence-corrected chi connectivity index (χ4v) is 2.20. The van der Waals surface area contributed by atoms with Crippen molar-refractivity contribution in [2.75, 3.05) is 5.32 Å². The number of carbonyl (C=O) groups excluding carboxylic acids is 1. The molecule has 0 saturated heterocycles. The maximum absolute atomic E-state index is 11.1. The number of nitrogens with one attached hydrogen (secondary N) is 1. The molecule has 0 radical (unpaired) electrons. The van der Waals surface area contributed by atoms with Crippen LogP contribution in [-0.4, -0.2) is 20.9 Å². The summed E-state index contributed by atoms with van der Waals surface area (Å²) in [5.74, 6) is 0.941. The van der Waals surface area contributed by atoms with Gasteiger partial charge in [-0.2, -0.15) is 0 Å². The van der Waals surface area contributed by atoms with Gasteiger partial charge in [0, 0.05) is 18.0 Å². The highest BCUT2D eigenvalue weighted by Gasteiger charge is 2.05. The predicted octanol–water partition coefficient (Wildman–Crippen LogP) is 2.31. The molecule has 3 N–H and O–H groups in total. The molecule has 3 aromatic rings. The first-order chi connectivity index (χ1) is 11.2. The maximum Gasteiger partial charge on any atom is 0.221 e. The van der Waals surface area contributed by atoms with Crippen LogP contribution in [0.15, 0.2) is 61.1 Å². The van der Waals surface area contributed by atoms with Crippen LogP contribution in [0.4, 0.5) is 11.6 Å². The number of carbonyl (C=O) groups is 1. The van der Waals surface area contributed by atoms with Crippen molar-refractivity contribution in [1.82, 2.24) is 15.0 Å². The van der Waals surface area contributed by atoms with Crippen molar-refractivity contribution in [2.24, 2.45) is 5.73 Å². The number of anilines is 2. The minimum atomic E-state index is -0.354. The monoisotopic (exact) mass is 305 g/mol. The second-order valence-electron chi connectivity index (χ2n) is 4.97. The lowest BCUT2D eigenvalue weighted by molar-refractivity contribution is -0.117.